The molecule has 0 aliphatic rings. The summed E-state index contributed by atoms with van der Waals surface area (Å²) in [5.74, 6) is 3.67. The SMILES string of the molecule is C#CC(C)(BCC(C)C)PC. The molecule has 0 aromatic carbocycles. The van der Waals surface area contributed by atoms with E-state index in [2.05, 4.69) is 33.4 Å². The minimum atomic E-state index is 0.171. The molecule has 0 aromatic rings. The predicted octanol–water partition coefficient (Wildman–Crippen LogP) is 2.15. The lowest BCUT2D eigenvalue weighted by atomic mass is 9.59. The summed E-state index contributed by atoms with van der Waals surface area (Å²) in [6.45, 7) is 8.87. The molecule has 0 aliphatic carbocycles. The first-order valence-corrected chi connectivity index (χ1v) is 5.71. The standard InChI is InChI=1S/C9H18BP/c1-6-9(4,11-5)10-7-8(2)3/h1,8,10-11H,7H2,2-5H3. The van der Waals surface area contributed by atoms with Crippen molar-refractivity contribution in [2.75, 3.05) is 6.66 Å². The zero-order chi connectivity index (χ0) is 8.91. The highest BCUT2D eigenvalue weighted by Gasteiger charge is 2.19. The average molecular weight is 168 g/mol. The molecule has 62 valence electrons. The Morgan fingerprint density at radius 3 is 2.45 bits per heavy atom. The first-order valence-electron chi connectivity index (χ1n) is 4.21. The van der Waals surface area contributed by atoms with Gasteiger partial charge in [-0.1, -0.05) is 33.0 Å². The Morgan fingerprint density at radius 1 is 1.64 bits per heavy atom. The van der Waals surface area contributed by atoms with Crippen molar-refractivity contribution in [1.29, 1.82) is 0 Å². The van der Waals surface area contributed by atoms with Crippen LogP contribution in [-0.2, 0) is 0 Å². The highest BCUT2D eigenvalue weighted by molar-refractivity contribution is 7.42. The Bertz CT molecular complexity index is 148. The molecule has 0 saturated carbocycles. The van der Waals surface area contributed by atoms with Crippen molar-refractivity contribution in [3.8, 4) is 12.3 Å². The van der Waals surface area contributed by atoms with Gasteiger partial charge in [0.05, 0.1) is 0 Å². The summed E-state index contributed by atoms with van der Waals surface area (Å²) >= 11 is 0. The lowest BCUT2D eigenvalue weighted by Gasteiger charge is -2.20. The molecule has 0 fully saturated rings. The van der Waals surface area contributed by atoms with E-state index in [-0.39, 0.29) is 5.06 Å². The van der Waals surface area contributed by atoms with Gasteiger partial charge in [0, 0.05) is 5.06 Å². The van der Waals surface area contributed by atoms with E-state index >= 15 is 0 Å². The van der Waals surface area contributed by atoms with Crippen LogP contribution in [0, 0.1) is 18.3 Å². The molecule has 2 heteroatoms. The van der Waals surface area contributed by atoms with Crippen LogP contribution >= 0.6 is 8.58 Å². The molecule has 0 nitrogen and oxygen atoms in total. The smallest absolute Gasteiger partial charge is 0.120 e. The van der Waals surface area contributed by atoms with Crippen LogP contribution in [0.5, 0.6) is 0 Å². The maximum atomic E-state index is 5.46. The quantitative estimate of drug-likeness (QED) is 0.342. The first-order chi connectivity index (χ1) is 5.04. The van der Waals surface area contributed by atoms with Crippen LogP contribution in [0.15, 0.2) is 0 Å². The Kier molecular flexibility index (Phi) is 4.86. The van der Waals surface area contributed by atoms with E-state index in [0.29, 0.717) is 0 Å². The van der Waals surface area contributed by atoms with Crippen molar-refractivity contribution >= 4 is 15.9 Å². The van der Waals surface area contributed by atoms with Gasteiger partial charge in [-0.25, -0.2) is 0 Å². The Labute approximate surface area is 73.6 Å². The lowest BCUT2D eigenvalue weighted by molar-refractivity contribution is 0.726. The van der Waals surface area contributed by atoms with Crippen LogP contribution in [0.3, 0.4) is 0 Å². The van der Waals surface area contributed by atoms with E-state index in [1.807, 2.05) is 0 Å². The molecule has 2 unspecified atom stereocenters. The fraction of sp³-hybridized carbons (Fsp3) is 0.778. The summed E-state index contributed by atoms with van der Waals surface area (Å²) in [7, 11) is 2.04. The molecule has 0 amide bonds. The van der Waals surface area contributed by atoms with Crippen molar-refractivity contribution < 1.29 is 0 Å². The molecule has 0 rings (SSSR count). The minimum Gasteiger partial charge on any atom is -0.120 e. The third-order valence-corrected chi connectivity index (χ3v) is 3.59. The van der Waals surface area contributed by atoms with Gasteiger partial charge in [-0.05, 0) is 6.66 Å². The molecule has 0 heterocycles. The van der Waals surface area contributed by atoms with Gasteiger partial charge in [0.1, 0.15) is 7.28 Å². The van der Waals surface area contributed by atoms with Gasteiger partial charge in [0.15, 0.2) is 0 Å². The summed E-state index contributed by atoms with van der Waals surface area (Å²) in [6, 6.07) is 0. The van der Waals surface area contributed by atoms with Gasteiger partial charge < -0.3 is 0 Å². The van der Waals surface area contributed by atoms with Crippen LogP contribution in [-0.4, -0.2) is 19.0 Å². The maximum Gasteiger partial charge on any atom is 0.148 e. The molecule has 2 atom stereocenters. The highest BCUT2D eigenvalue weighted by atomic mass is 31.1. The van der Waals surface area contributed by atoms with Crippen LogP contribution in [0.1, 0.15) is 20.8 Å². The van der Waals surface area contributed by atoms with Gasteiger partial charge in [-0.15, -0.1) is 20.9 Å². The molecule has 0 radical (unpaired) electrons. The second kappa shape index (κ2) is 4.84. The van der Waals surface area contributed by atoms with Crippen molar-refractivity contribution in [3.05, 3.63) is 0 Å². The number of hydrogen-bond donors (Lipinski definition) is 0. The normalized spacial score (nSPS) is 16.7. The van der Waals surface area contributed by atoms with Crippen molar-refractivity contribution in [2.24, 2.45) is 5.92 Å². The molecule has 11 heavy (non-hydrogen) atoms. The zero-order valence-electron chi connectivity index (χ0n) is 8.07. The van der Waals surface area contributed by atoms with Crippen molar-refractivity contribution in [3.63, 3.8) is 0 Å². The molecule has 0 saturated heterocycles. The molecule has 0 aromatic heterocycles. The summed E-state index contributed by atoms with van der Waals surface area (Å²) in [4.78, 5) is 0. The van der Waals surface area contributed by atoms with E-state index in [0.717, 1.165) is 14.5 Å². The van der Waals surface area contributed by atoms with E-state index in [1.54, 1.807) is 0 Å². The monoisotopic (exact) mass is 168 g/mol. The lowest BCUT2D eigenvalue weighted by Crippen LogP contribution is -2.25. The van der Waals surface area contributed by atoms with Crippen LogP contribution < -0.4 is 0 Å². The Morgan fingerprint density at radius 2 is 2.18 bits per heavy atom. The second-order valence-electron chi connectivity index (χ2n) is 3.66. The molecule has 0 bridgehead atoms. The van der Waals surface area contributed by atoms with Gasteiger partial charge in [-0.2, -0.15) is 0 Å². The summed E-state index contributed by atoms with van der Waals surface area (Å²) in [6.07, 6.45) is 6.71. The molecule has 0 N–H and O–H groups in total. The average Bonchev–Trinajstić information content (AvgIpc) is 2.00. The molecular formula is C9H18BP. The van der Waals surface area contributed by atoms with Crippen LogP contribution in [0.4, 0.5) is 0 Å². The molecule has 0 spiro atoms. The molecular weight excluding hydrogens is 150 g/mol. The van der Waals surface area contributed by atoms with Gasteiger partial charge in [0.25, 0.3) is 0 Å². The largest absolute Gasteiger partial charge is 0.148 e. The van der Waals surface area contributed by atoms with E-state index < -0.39 is 0 Å². The highest BCUT2D eigenvalue weighted by Crippen LogP contribution is 2.27. The summed E-state index contributed by atoms with van der Waals surface area (Å²) < 4.78 is 0. The van der Waals surface area contributed by atoms with E-state index in [9.17, 15) is 0 Å². The Hall–Kier alpha value is 0.0549. The number of hydrogen-bond acceptors (Lipinski definition) is 0. The topological polar surface area (TPSA) is 0 Å². The fourth-order valence-corrected chi connectivity index (χ4v) is 1.39. The minimum absolute atomic E-state index is 0.171. The summed E-state index contributed by atoms with van der Waals surface area (Å²) in [5, 5.41) is 0.171. The number of rotatable bonds is 4. The summed E-state index contributed by atoms with van der Waals surface area (Å²) in [5.41, 5.74) is 0. The van der Waals surface area contributed by atoms with Crippen molar-refractivity contribution in [1.82, 2.24) is 0 Å². The third-order valence-electron chi connectivity index (χ3n) is 2.09. The molecule has 0 aliphatic heterocycles. The van der Waals surface area contributed by atoms with Gasteiger partial charge in [0.2, 0.25) is 0 Å². The van der Waals surface area contributed by atoms with Crippen LogP contribution in [0.2, 0.25) is 6.32 Å². The maximum absolute atomic E-state index is 5.46. The second-order valence-corrected chi connectivity index (χ2v) is 5.26. The first kappa shape index (κ1) is 11.1. The zero-order valence-corrected chi connectivity index (χ0v) is 9.07. The van der Waals surface area contributed by atoms with Gasteiger partial charge in [-0.3, -0.25) is 0 Å². The Balaban J connectivity index is 3.81. The van der Waals surface area contributed by atoms with E-state index in [4.69, 9.17) is 6.42 Å². The number of terminal acetylenes is 1. The third kappa shape index (κ3) is 4.49. The fourth-order valence-electron chi connectivity index (χ4n) is 0.847. The van der Waals surface area contributed by atoms with Crippen LogP contribution in [0.25, 0.3) is 0 Å². The predicted molar refractivity (Wildman–Crippen MR) is 58.3 cm³/mol. The van der Waals surface area contributed by atoms with Gasteiger partial charge >= 0.3 is 0 Å². The van der Waals surface area contributed by atoms with Crippen molar-refractivity contribution in [2.45, 2.75) is 32.1 Å². The van der Waals surface area contributed by atoms with E-state index in [1.165, 1.54) is 13.6 Å².